The van der Waals surface area contributed by atoms with Gasteiger partial charge in [0.15, 0.2) is 11.7 Å². The first-order valence-electron chi connectivity index (χ1n) is 8.82. The number of amides is 1. The highest BCUT2D eigenvalue weighted by Gasteiger charge is 2.30. The van der Waals surface area contributed by atoms with Gasteiger partial charge in [0, 0.05) is 11.3 Å². The summed E-state index contributed by atoms with van der Waals surface area (Å²) in [6, 6.07) is 12.6. The second kappa shape index (κ2) is 8.65. The van der Waals surface area contributed by atoms with E-state index >= 15 is 0 Å². The van der Waals surface area contributed by atoms with Crippen molar-refractivity contribution in [2.24, 2.45) is 0 Å². The van der Waals surface area contributed by atoms with Crippen molar-refractivity contribution in [3.63, 3.8) is 0 Å². The molecule has 0 saturated carbocycles. The summed E-state index contributed by atoms with van der Waals surface area (Å²) in [5, 5.41) is 3.06. The van der Waals surface area contributed by atoms with Gasteiger partial charge >= 0.3 is 6.18 Å². The van der Waals surface area contributed by atoms with E-state index in [1.54, 1.807) is 19.1 Å². The van der Waals surface area contributed by atoms with E-state index < -0.39 is 11.7 Å². The zero-order valence-corrected chi connectivity index (χ0v) is 16.7. The Morgan fingerprint density at radius 2 is 1.90 bits per heavy atom. The molecule has 0 aliphatic heterocycles. The number of rotatable bonds is 6. The Balaban J connectivity index is 1.62. The van der Waals surface area contributed by atoms with Crippen LogP contribution in [0.25, 0.3) is 0 Å². The van der Waals surface area contributed by atoms with Crippen molar-refractivity contribution in [1.82, 2.24) is 4.98 Å². The lowest BCUT2D eigenvalue weighted by Crippen LogP contribution is -2.20. The first-order valence-corrected chi connectivity index (χ1v) is 9.64. The van der Waals surface area contributed by atoms with E-state index in [0.29, 0.717) is 28.6 Å². The van der Waals surface area contributed by atoms with Gasteiger partial charge in [0.1, 0.15) is 5.75 Å². The number of halogens is 3. The molecule has 0 unspecified atom stereocenters. The Bertz CT molecular complexity index is 1020. The summed E-state index contributed by atoms with van der Waals surface area (Å²) in [4.78, 5) is 17.2. The summed E-state index contributed by atoms with van der Waals surface area (Å²) in [5.41, 5.74) is 1.55. The topological polar surface area (TPSA) is 51.2 Å². The molecule has 0 fully saturated rings. The number of nitrogens with zero attached hydrogens (tertiary/aromatic N) is 1. The molecule has 1 amide bonds. The number of ether oxygens (including phenoxy) is 1. The maximum Gasteiger partial charge on any atom is 0.416 e. The third-order valence-electron chi connectivity index (χ3n) is 4.12. The van der Waals surface area contributed by atoms with Crippen molar-refractivity contribution in [1.29, 1.82) is 0 Å². The van der Waals surface area contributed by atoms with Crippen molar-refractivity contribution < 1.29 is 22.7 Å². The largest absolute Gasteiger partial charge is 0.484 e. The van der Waals surface area contributed by atoms with Crippen LogP contribution in [0, 0.1) is 13.8 Å². The zero-order chi connectivity index (χ0) is 21.0. The van der Waals surface area contributed by atoms with Crippen molar-refractivity contribution in [3.8, 4) is 5.75 Å². The fraction of sp³-hybridized carbons (Fsp3) is 0.238. The molecule has 3 aromatic rings. The van der Waals surface area contributed by atoms with Gasteiger partial charge in [-0.1, -0.05) is 30.3 Å². The molecule has 2 aromatic carbocycles. The van der Waals surface area contributed by atoms with Crippen molar-refractivity contribution >= 4 is 22.4 Å². The monoisotopic (exact) mass is 420 g/mol. The van der Waals surface area contributed by atoms with E-state index in [9.17, 15) is 18.0 Å². The number of thiazole rings is 1. The van der Waals surface area contributed by atoms with Gasteiger partial charge in [0.25, 0.3) is 5.91 Å². The maximum atomic E-state index is 12.9. The summed E-state index contributed by atoms with van der Waals surface area (Å²) in [7, 11) is 0. The second-order valence-corrected chi connectivity index (χ2v) is 7.64. The lowest BCUT2D eigenvalue weighted by Gasteiger charge is -2.08. The molecule has 0 atom stereocenters. The fourth-order valence-corrected chi connectivity index (χ4v) is 3.71. The number of carbonyl (C=O) groups excluding carboxylic acids is 1. The molecule has 0 aliphatic carbocycles. The molecule has 0 saturated heterocycles. The van der Waals surface area contributed by atoms with Gasteiger partial charge in [-0.05, 0) is 43.2 Å². The molecule has 8 heteroatoms. The Morgan fingerprint density at radius 3 is 2.62 bits per heavy atom. The summed E-state index contributed by atoms with van der Waals surface area (Å²) in [6.07, 6.45) is -4.07. The molecule has 0 spiro atoms. The van der Waals surface area contributed by atoms with E-state index in [4.69, 9.17) is 4.74 Å². The predicted octanol–water partition coefficient (Wildman–Crippen LogP) is 5.39. The molecular formula is C21H19F3N2O2S. The highest BCUT2D eigenvalue weighted by Crippen LogP contribution is 2.31. The third kappa shape index (κ3) is 5.80. The summed E-state index contributed by atoms with van der Waals surface area (Å²) in [5.74, 6) is 0.242. The average molecular weight is 420 g/mol. The predicted molar refractivity (Wildman–Crippen MR) is 106 cm³/mol. The number of carbonyl (C=O) groups is 1. The Labute approximate surface area is 170 Å². The molecule has 4 nitrogen and oxygen atoms in total. The standard InChI is InChI=1S/C21H19F3N2O2S/c1-13-5-3-8-17(9-13)28-12-19(27)26-20-25-14(2)18(29-20)11-15-6-4-7-16(10-15)21(22,23)24/h3-10H,11-12H2,1-2H3,(H,25,26,27). The maximum absolute atomic E-state index is 12.9. The lowest BCUT2D eigenvalue weighted by atomic mass is 10.1. The Kier molecular flexibility index (Phi) is 6.22. The van der Waals surface area contributed by atoms with E-state index in [1.165, 1.54) is 17.4 Å². The number of benzene rings is 2. The number of aryl methyl sites for hydroxylation is 2. The van der Waals surface area contributed by atoms with Crippen LogP contribution >= 0.6 is 11.3 Å². The molecule has 1 heterocycles. The first-order chi connectivity index (χ1) is 13.7. The van der Waals surface area contributed by atoms with Gasteiger partial charge in [-0.25, -0.2) is 4.98 Å². The molecule has 3 rings (SSSR count). The van der Waals surface area contributed by atoms with Gasteiger partial charge in [-0.15, -0.1) is 11.3 Å². The minimum absolute atomic E-state index is 0.162. The van der Waals surface area contributed by atoms with Crippen molar-refractivity contribution in [2.75, 3.05) is 11.9 Å². The normalized spacial score (nSPS) is 11.3. The molecular weight excluding hydrogens is 401 g/mol. The van der Waals surface area contributed by atoms with E-state index in [1.807, 2.05) is 25.1 Å². The van der Waals surface area contributed by atoms with E-state index in [0.717, 1.165) is 22.6 Å². The average Bonchev–Trinajstić information content (AvgIpc) is 2.98. The van der Waals surface area contributed by atoms with Gasteiger partial charge in [0.05, 0.1) is 11.3 Å². The fourth-order valence-electron chi connectivity index (χ4n) is 2.70. The van der Waals surface area contributed by atoms with E-state index in [-0.39, 0.29) is 12.5 Å². The van der Waals surface area contributed by atoms with Crippen LogP contribution in [0.15, 0.2) is 48.5 Å². The smallest absolute Gasteiger partial charge is 0.416 e. The summed E-state index contributed by atoms with van der Waals surface area (Å²) < 4.78 is 44.1. The van der Waals surface area contributed by atoms with Crippen molar-refractivity contribution in [2.45, 2.75) is 26.4 Å². The number of hydrogen-bond donors (Lipinski definition) is 1. The van der Waals surface area contributed by atoms with Crippen LogP contribution in [0.5, 0.6) is 5.75 Å². The van der Waals surface area contributed by atoms with E-state index in [2.05, 4.69) is 10.3 Å². The number of nitrogens with one attached hydrogen (secondary N) is 1. The van der Waals surface area contributed by atoms with Crippen LogP contribution in [0.1, 0.15) is 27.3 Å². The molecule has 0 bridgehead atoms. The van der Waals surface area contributed by atoms with Crippen LogP contribution in [-0.4, -0.2) is 17.5 Å². The summed E-state index contributed by atoms with van der Waals surface area (Å²) in [6.45, 7) is 3.53. The number of hydrogen-bond acceptors (Lipinski definition) is 4. The molecule has 152 valence electrons. The van der Waals surface area contributed by atoms with Crippen molar-refractivity contribution in [3.05, 3.63) is 75.8 Å². The quantitative estimate of drug-likeness (QED) is 0.582. The molecule has 0 aliphatic rings. The van der Waals surface area contributed by atoms with Gasteiger partial charge in [0.2, 0.25) is 0 Å². The van der Waals surface area contributed by atoms with Crippen LogP contribution < -0.4 is 10.1 Å². The lowest BCUT2D eigenvalue weighted by molar-refractivity contribution is -0.137. The minimum Gasteiger partial charge on any atom is -0.484 e. The van der Waals surface area contributed by atoms with Crippen LogP contribution in [0.3, 0.4) is 0 Å². The van der Waals surface area contributed by atoms with Gasteiger partial charge in [-0.3, -0.25) is 10.1 Å². The Hall–Kier alpha value is -2.87. The number of alkyl halides is 3. The molecule has 29 heavy (non-hydrogen) atoms. The first kappa shape index (κ1) is 20.9. The highest BCUT2D eigenvalue weighted by molar-refractivity contribution is 7.15. The second-order valence-electron chi connectivity index (χ2n) is 6.56. The van der Waals surface area contributed by atoms with Crippen LogP contribution in [0.2, 0.25) is 0 Å². The molecule has 1 aromatic heterocycles. The van der Waals surface area contributed by atoms with Gasteiger partial charge in [-0.2, -0.15) is 13.2 Å². The van der Waals surface area contributed by atoms with Gasteiger partial charge < -0.3 is 4.74 Å². The minimum atomic E-state index is -4.38. The number of aromatic nitrogens is 1. The third-order valence-corrected chi connectivity index (χ3v) is 5.19. The van der Waals surface area contributed by atoms with Crippen LogP contribution in [0.4, 0.5) is 18.3 Å². The Morgan fingerprint density at radius 1 is 1.14 bits per heavy atom. The molecule has 1 N–H and O–H groups in total. The van der Waals surface area contributed by atoms with Crippen LogP contribution in [-0.2, 0) is 17.4 Å². The summed E-state index contributed by atoms with van der Waals surface area (Å²) >= 11 is 1.24. The SMILES string of the molecule is Cc1cccc(OCC(=O)Nc2nc(C)c(Cc3cccc(C(F)(F)F)c3)s2)c1. The highest BCUT2D eigenvalue weighted by atomic mass is 32.1. The molecule has 0 radical (unpaired) electrons. The number of anilines is 1. The zero-order valence-electron chi connectivity index (χ0n) is 15.8.